The molecule has 9 nitrogen and oxygen atoms in total. The predicted molar refractivity (Wildman–Crippen MR) is 144 cm³/mol. The van der Waals surface area contributed by atoms with Crippen molar-refractivity contribution in [2.45, 2.75) is 27.0 Å². The predicted octanol–water partition coefficient (Wildman–Crippen LogP) is 5.54. The van der Waals surface area contributed by atoms with Crippen molar-refractivity contribution >= 4 is 27.8 Å². The monoisotopic (exact) mass is 508 g/mol. The third-order valence-electron chi connectivity index (χ3n) is 6.36. The van der Waals surface area contributed by atoms with Gasteiger partial charge in [0, 0.05) is 40.7 Å². The molecule has 0 aliphatic rings. The number of aliphatic hydroxyl groups is 1. The van der Waals surface area contributed by atoms with Gasteiger partial charge in [0.1, 0.15) is 23.3 Å². The minimum atomic E-state index is -0.733. The zero-order valence-corrected chi connectivity index (χ0v) is 21.0. The summed E-state index contributed by atoms with van der Waals surface area (Å²) in [6.07, 6.45) is 6.12. The topological polar surface area (TPSA) is 128 Å². The number of aromatic nitrogens is 7. The van der Waals surface area contributed by atoms with E-state index >= 15 is 0 Å². The van der Waals surface area contributed by atoms with Crippen LogP contribution >= 0.6 is 0 Å². The number of fused-ring (bicyclic) bond motifs is 2. The molecule has 0 fully saturated rings. The van der Waals surface area contributed by atoms with Crippen molar-refractivity contribution in [1.29, 1.82) is 0 Å². The molecular formula is C28H25FN8O. The Kier molecular flexibility index (Phi) is 5.61. The second-order valence-corrected chi connectivity index (χ2v) is 10.2. The number of nitrogens with zero attached hydrogens (tertiary/aromatic N) is 5. The van der Waals surface area contributed by atoms with Gasteiger partial charge >= 0.3 is 0 Å². The Bertz CT molecular complexity index is 1770. The maximum Gasteiger partial charge on any atom is 0.181 e. The molecule has 0 aliphatic heterocycles. The molecule has 0 spiro atoms. The molecular weight excluding hydrogens is 483 g/mol. The number of hydrogen-bond acceptors (Lipinski definition) is 7. The van der Waals surface area contributed by atoms with Crippen molar-refractivity contribution in [2.75, 3.05) is 5.32 Å². The summed E-state index contributed by atoms with van der Waals surface area (Å²) in [6.45, 7) is 5.87. The second kappa shape index (κ2) is 9.00. The Labute approximate surface area is 217 Å². The number of nitrogens with one attached hydrogen (secondary N) is 3. The maximum absolute atomic E-state index is 13.5. The summed E-state index contributed by atoms with van der Waals surface area (Å²) in [5, 5.41) is 21.8. The van der Waals surface area contributed by atoms with Crippen LogP contribution in [-0.4, -0.2) is 46.5 Å². The number of pyridine rings is 3. The van der Waals surface area contributed by atoms with E-state index in [1.54, 1.807) is 36.9 Å². The van der Waals surface area contributed by atoms with Gasteiger partial charge in [0.25, 0.3) is 0 Å². The number of benzene rings is 1. The molecule has 5 heterocycles. The van der Waals surface area contributed by atoms with E-state index in [1.807, 2.05) is 39.0 Å². The van der Waals surface area contributed by atoms with Crippen LogP contribution in [0, 0.1) is 11.2 Å². The van der Waals surface area contributed by atoms with Crippen molar-refractivity contribution in [3.05, 3.63) is 73.1 Å². The Morgan fingerprint density at radius 1 is 0.947 bits per heavy atom. The highest BCUT2D eigenvalue weighted by molar-refractivity contribution is 5.96. The van der Waals surface area contributed by atoms with Crippen LogP contribution in [0.1, 0.15) is 20.8 Å². The highest BCUT2D eigenvalue weighted by Gasteiger charge is 2.22. The Morgan fingerprint density at radius 2 is 1.74 bits per heavy atom. The summed E-state index contributed by atoms with van der Waals surface area (Å²) in [5.41, 5.74) is 6.16. The molecule has 0 saturated heterocycles. The Balaban J connectivity index is 1.39. The molecule has 0 saturated carbocycles. The van der Waals surface area contributed by atoms with E-state index in [2.05, 4.69) is 35.5 Å². The summed E-state index contributed by atoms with van der Waals surface area (Å²) in [5.74, 6) is 0.275. The van der Waals surface area contributed by atoms with Crippen LogP contribution in [-0.2, 0) is 0 Å². The fourth-order valence-corrected chi connectivity index (χ4v) is 4.16. The maximum atomic E-state index is 13.5. The summed E-state index contributed by atoms with van der Waals surface area (Å²) >= 11 is 0. The van der Waals surface area contributed by atoms with E-state index in [0.29, 0.717) is 34.1 Å². The summed E-state index contributed by atoms with van der Waals surface area (Å²) in [4.78, 5) is 21.5. The molecule has 6 aromatic rings. The molecule has 4 N–H and O–H groups in total. The number of aliphatic hydroxyl groups excluding tert-OH is 1. The molecule has 190 valence electrons. The van der Waals surface area contributed by atoms with Gasteiger partial charge in [0.2, 0.25) is 0 Å². The zero-order chi connectivity index (χ0) is 26.4. The molecule has 1 aromatic carbocycles. The lowest BCUT2D eigenvalue weighted by Crippen LogP contribution is -2.33. The molecule has 1 unspecified atom stereocenters. The van der Waals surface area contributed by atoms with E-state index in [4.69, 9.17) is 4.98 Å². The molecule has 0 aliphatic carbocycles. The van der Waals surface area contributed by atoms with Gasteiger partial charge < -0.3 is 15.4 Å². The molecule has 38 heavy (non-hydrogen) atoms. The van der Waals surface area contributed by atoms with E-state index in [1.165, 1.54) is 12.1 Å². The first-order valence-corrected chi connectivity index (χ1v) is 12.1. The molecule has 0 bridgehead atoms. The standard InChI is InChI=1S/C28H25FN8O/c1-28(2,3)27(38)33-19-10-16(12-30-14-19)17-11-20-23(36-37-25(20)32-13-17)26-34-21-8-9-31-22(24(21)35-26)15-4-6-18(29)7-5-15/h4-14,27,33,38H,1-3H3,(H,34,35)(H,32,36,37). The van der Waals surface area contributed by atoms with Crippen molar-refractivity contribution in [3.63, 3.8) is 0 Å². The van der Waals surface area contributed by atoms with Crippen molar-refractivity contribution < 1.29 is 9.50 Å². The number of hydrogen-bond donors (Lipinski definition) is 4. The quantitative estimate of drug-likeness (QED) is 0.225. The van der Waals surface area contributed by atoms with Gasteiger partial charge in [-0.25, -0.2) is 14.4 Å². The van der Waals surface area contributed by atoms with Gasteiger partial charge in [-0.3, -0.25) is 15.1 Å². The van der Waals surface area contributed by atoms with Gasteiger partial charge in [-0.1, -0.05) is 20.8 Å². The minimum absolute atomic E-state index is 0.308. The molecule has 0 amide bonds. The van der Waals surface area contributed by atoms with Crippen molar-refractivity contribution in [2.24, 2.45) is 5.41 Å². The van der Waals surface area contributed by atoms with Crippen LogP contribution in [0.25, 0.3) is 56.0 Å². The lowest BCUT2D eigenvalue weighted by molar-refractivity contribution is 0.0880. The smallest absolute Gasteiger partial charge is 0.181 e. The van der Waals surface area contributed by atoms with Crippen LogP contribution < -0.4 is 5.32 Å². The van der Waals surface area contributed by atoms with Crippen LogP contribution in [0.4, 0.5) is 10.1 Å². The number of aromatic amines is 2. The first-order chi connectivity index (χ1) is 18.3. The van der Waals surface area contributed by atoms with Gasteiger partial charge in [-0.05, 0) is 42.5 Å². The fourth-order valence-electron chi connectivity index (χ4n) is 4.16. The highest BCUT2D eigenvalue weighted by atomic mass is 19.1. The number of anilines is 1. The lowest BCUT2D eigenvalue weighted by atomic mass is 9.94. The molecule has 10 heteroatoms. The van der Waals surface area contributed by atoms with Gasteiger partial charge in [-0.15, -0.1) is 0 Å². The van der Waals surface area contributed by atoms with Crippen LogP contribution in [0.5, 0.6) is 0 Å². The van der Waals surface area contributed by atoms with Crippen LogP contribution in [0.2, 0.25) is 0 Å². The first-order valence-electron chi connectivity index (χ1n) is 12.1. The second-order valence-electron chi connectivity index (χ2n) is 10.2. The number of halogens is 1. The van der Waals surface area contributed by atoms with E-state index < -0.39 is 6.23 Å². The summed E-state index contributed by atoms with van der Waals surface area (Å²) in [6, 6.07) is 11.9. The van der Waals surface area contributed by atoms with Crippen LogP contribution in [0.15, 0.2) is 67.3 Å². The SMILES string of the molecule is CC(C)(C)C(O)Nc1cncc(-c2cnc3n[nH]c(-c4nc5c(-c6ccc(F)cc6)nccc5[nH]4)c3c2)c1. The van der Waals surface area contributed by atoms with Gasteiger partial charge in [-0.2, -0.15) is 5.10 Å². The van der Waals surface area contributed by atoms with E-state index in [-0.39, 0.29) is 11.2 Å². The fraction of sp³-hybridized carbons (Fsp3) is 0.179. The average Bonchev–Trinajstić information content (AvgIpc) is 3.52. The molecule has 0 radical (unpaired) electrons. The average molecular weight is 509 g/mol. The highest BCUT2D eigenvalue weighted by Crippen LogP contribution is 2.32. The van der Waals surface area contributed by atoms with Crippen molar-refractivity contribution in [1.82, 2.24) is 35.1 Å². The third-order valence-corrected chi connectivity index (χ3v) is 6.36. The number of rotatable bonds is 5. The van der Waals surface area contributed by atoms with E-state index in [0.717, 1.165) is 27.6 Å². The summed E-state index contributed by atoms with van der Waals surface area (Å²) in [7, 11) is 0. The van der Waals surface area contributed by atoms with Gasteiger partial charge in [0.05, 0.1) is 28.5 Å². The van der Waals surface area contributed by atoms with E-state index in [9.17, 15) is 9.50 Å². The molecule has 1 atom stereocenters. The summed E-state index contributed by atoms with van der Waals surface area (Å²) < 4.78 is 13.5. The zero-order valence-electron chi connectivity index (χ0n) is 21.0. The number of H-pyrrole nitrogens is 2. The normalized spacial score (nSPS) is 12.8. The van der Waals surface area contributed by atoms with Gasteiger partial charge in [0.15, 0.2) is 11.5 Å². The van der Waals surface area contributed by atoms with Crippen molar-refractivity contribution in [3.8, 4) is 33.9 Å². The van der Waals surface area contributed by atoms with Crippen LogP contribution in [0.3, 0.4) is 0 Å². The molecule has 6 rings (SSSR count). The largest absolute Gasteiger partial charge is 0.373 e. The lowest BCUT2D eigenvalue weighted by Gasteiger charge is -2.27. The minimum Gasteiger partial charge on any atom is -0.373 e. The Hall–Kier alpha value is -4.70. The third kappa shape index (κ3) is 4.35. The Morgan fingerprint density at radius 3 is 2.53 bits per heavy atom. The number of imidazole rings is 1. The first kappa shape index (κ1) is 23.7. The molecule has 5 aromatic heterocycles.